The molecule has 3 N–H and O–H groups in total. The molecule has 0 aromatic carbocycles. The van der Waals surface area contributed by atoms with Crippen molar-refractivity contribution in [2.75, 3.05) is 0 Å². The van der Waals surface area contributed by atoms with Gasteiger partial charge < -0.3 is 15.0 Å². The lowest BCUT2D eigenvalue weighted by molar-refractivity contribution is 0.0237. The Kier molecular flexibility index (Phi) is 4.77. The predicted molar refractivity (Wildman–Crippen MR) is 101 cm³/mol. The van der Waals surface area contributed by atoms with Gasteiger partial charge in [0.1, 0.15) is 11.4 Å². The summed E-state index contributed by atoms with van der Waals surface area (Å²) in [7, 11) is 1.94. The highest BCUT2D eigenvalue weighted by atomic mass is 16.3. The number of hydrogen-bond donors (Lipinski definition) is 3. The first-order chi connectivity index (χ1) is 13.1. The van der Waals surface area contributed by atoms with Crippen molar-refractivity contribution in [2.45, 2.75) is 31.4 Å². The summed E-state index contributed by atoms with van der Waals surface area (Å²) in [4.78, 5) is 17.1. The summed E-state index contributed by atoms with van der Waals surface area (Å²) in [5.41, 5.74) is 3.03. The predicted octanol–water partition coefficient (Wildman–Crippen LogP) is 1.92. The van der Waals surface area contributed by atoms with Crippen LogP contribution < -0.4 is 5.32 Å². The zero-order chi connectivity index (χ0) is 18.8. The zero-order valence-corrected chi connectivity index (χ0v) is 15.2. The van der Waals surface area contributed by atoms with Crippen molar-refractivity contribution in [3.8, 4) is 11.4 Å². The van der Waals surface area contributed by atoms with Crippen LogP contribution in [0.4, 0.5) is 0 Å². The number of hydrogen-bond acceptors (Lipinski definition) is 4. The van der Waals surface area contributed by atoms with E-state index in [1.54, 1.807) is 12.3 Å². The van der Waals surface area contributed by atoms with Gasteiger partial charge in [-0.15, -0.1) is 0 Å². The number of nitrogens with zero attached hydrogens (tertiary/aromatic N) is 3. The maximum absolute atomic E-state index is 12.8. The minimum Gasteiger partial charge on any atom is -0.393 e. The maximum Gasteiger partial charge on any atom is 0.269 e. The second kappa shape index (κ2) is 7.36. The molecule has 3 aromatic rings. The molecule has 3 heterocycles. The Morgan fingerprint density at radius 2 is 2.22 bits per heavy atom. The fourth-order valence-corrected chi connectivity index (χ4v) is 3.58. The molecule has 0 saturated heterocycles. The first-order valence-corrected chi connectivity index (χ1v) is 9.16. The highest BCUT2D eigenvalue weighted by molar-refractivity contribution is 5.93. The number of H-pyrrole nitrogens is 1. The van der Waals surface area contributed by atoms with E-state index in [1.807, 2.05) is 48.1 Å². The molecule has 0 aliphatic heterocycles. The summed E-state index contributed by atoms with van der Waals surface area (Å²) in [5.74, 6) is 0.0616. The Labute approximate surface area is 157 Å². The smallest absolute Gasteiger partial charge is 0.269 e. The third kappa shape index (κ3) is 3.78. The lowest BCUT2D eigenvalue weighted by Crippen LogP contribution is -2.48. The van der Waals surface area contributed by atoms with Crippen LogP contribution in [0.2, 0.25) is 0 Å². The summed E-state index contributed by atoms with van der Waals surface area (Å²) < 4.78 is 1.96. The first-order valence-electron chi connectivity index (χ1n) is 9.16. The minimum absolute atomic E-state index is 0.0717. The minimum atomic E-state index is -0.269. The van der Waals surface area contributed by atoms with Crippen molar-refractivity contribution < 1.29 is 9.90 Å². The monoisotopic (exact) mass is 365 g/mol. The van der Waals surface area contributed by atoms with Gasteiger partial charge in [-0.05, 0) is 49.1 Å². The van der Waals surface area contributed by atoms with Crippen LogP contribution in [0.5, 0.6) is 0 Å². The summed E-state index contributed by atoms with van der Waals surface area (Å²) in [6.45, 7) is 0. The van der Waals surface area contributed by atoms with E-state index in [0.29, 0.717) is 25.0 Å². The van der Waals surface area contributed by atoms with Gasteiger partial charge in [0.05, 0.1) is 11.8 Å². The molecular formula is C20H23N5O2. The summed E-state index contributed by atoms with van der Waals surface area (Å²) >= 11 is 0. The summed E-state index contributed by atoms with van der Waals surface area (Å²) in [5, 5.41) is 19.9. The van der Waals surface area contributed by atoms with Crippen molar-refractivity contribution in [2.24, 2.45) is 13.0 Å². The van der Waals surface area contributed by atoms with Crippen LogP contribution in [0.25, 0.3) is 11.4 Å². The van der Waals surface area contributed by atoms with Crippen molar-refractivity contribution in [3.05, 3.63) is 60.2 Å². The van der Waals surface area contributed by atoms with E-state index >= 15 is 0 Å². The normalized spacial score (nSPS) is 20.1. The van der Waals surface area contributed by atoms with Gasteiger partial charge in [0, 0.05) is 37.6 Å². The number of aliphatic hydroxyl groups is 1. The van der Waals surface area contributed by atoms with Gasteiger partial charge in [-0.25, -0.2) is 0 Å². The van der Waals surface area contributed by atoms with Crippen LogP contribution in [0.3, 0.4) is 0 Å². The number of rotatable bonds is 6. The van der Waals surface area contributed by atoms with E-state index < -0.39 is 0 Å². The second-order valence-corrected chi connectivity index (χ2v) is 7.16. The molecule has 1 fully saturated rings. The molecular weight excluding hydrogens is 342 g/mol. The van der Waals surface area contributed by atoms with Crippen LogP contribution in [0, 0.1) is 5.92 Å². The standard InChI is InChI=1S/C20H23N5O2/c1-25-8-4-6-19(25)17-12-18(24-23-17)20(27)22-16(13-9-15(26)10-13)11-14-5-2-3-7-21-14/h2-8,12-13,15-16,26H,9-11H2,1H3,(H,22,27)(H,23,24). The van der Waals surface area contributed by atoms with Gasteiger partial charge in [-0.2, -0.15) is 5.10 Å². The Hall–Kier alpha value is -2.93. The fourth-order valence-electron chi connectivity index (χ4n) is 3.58. The molecule has 1 unspecified atom stereocenters. The first kappa shape index (κ1) is 17.5. The maximum atomic E-state index is 12.8. The van der Waals surface area contributed by atoms with Crippen molar-refractivity contribution in [1.29, 1.82) is 0 Å². The van der Waals surface area contributed by atoms with Crippen molar-refractivity contribution in [1.82, 2.24) is 25.1 Å². The molecule has 1 atom stereocenters. The highest BCUT2D eigenvalue weighted by Gasteiger charge is 2.35. The van der Waals surface area contributed by atoms with Gasteiger partial charge in [0.25, 0.3) is 5.91 Å². The average Bonchev–Trinajstić information content (AvgIpc) is 3.28. The molecule has 3 aromatic heterocycles. The average molecular weight is 365 g/mol. The van der Waals surface area contributed by atoms with Crippen LogP contribution >= 0.6 is 0 Å². The molecule has 0 bridgehead atoms. The van der Waals surface area contributed by atoms with Gasteiger partial charge >= 0.3 is 0 Å². The van der Waals surface area contributed by atoms with Crippen LogP contribution in [0.15, 0.2) is 48.8 Å². The number of pyridine rings is 1. The molecule has 4 rings (SSSR count). The third-order valence-corrected chi connectivity index (χ3v) is 5.22. The van der Waals surface area contributed by atoms with Crippen LogP contribution in [-0.4, -0.2) is 42.9 Å². The van der Waals surface area contributed by atoms with E-state index in [2.05, 4.69) is 20.5 Å². The zero-order valence-electron chi connectivity index (χ0n) is 15.2. The van der Waals surface area contributed by atoms with E-state index in [4.69, 9.17) is 0 Å². The van der Waals surface area contributed by atoms with Gasteiger partial charge in [-0.3, -0.25) is 14.9 Å². The van der Waals surface area contributed by atoms with Gasteiger partial charge in [-0.1, -0.05) is 6.07 Å². The SMILES string of the molecule is Cn1cccc1-c1cc(C(=O)NC(Cc2ccccn2)C2CC(O)C2)[nH]n1. The van der Waals surface area contributed by atoms with Crippen molar-refractivity contribution >= 4 is 5.91 Å². The Morgan fingerprint density at radius 1 is 1.37 bits per heavy atom. The quantitative estimate of drug-likeness (QED) is 0.622. The van der Waals surface area contributed by atoms with Gasteiger partial charge in [0.15, 0.2) is 0 Å². The highest BCUT2D eigenvalue weighted by Crippen LogP contribution is 2.31. The molecule has 1 amide bonds. The molecule has 1 saturated carbocycles. The lowest BCUT2D eigenvalue weighted by atomic mass is 9.76. The second-order valence-electron chi connectivity index (χ2n) is 7.16. The van der Waals surface area contributed by atoms with Crippen molar-refractivity contribution in [3.63, 3.8) is 0 Å². The topological polar surface area (TPSA) is 95.8 Å². The molecule has 140 valence electrons. The Balaban J connectivity index is 1.48. The summed E-state index contributed by atoms with van der Waals surface area (Å²) in [6.07, 6.45) is 5.47. The Bertz CT molecular complexity index is 911. The third-order valence-electron chi connectivity index (χ3n) is 5.22. The number of carbonyl (C=O) groups is 1. The number of aryl methyl sites for hydroxylation is 1. The number of aromatic nitrogens is 4. The number of amides is 1. The molecule has 27 heavy (non-hydrogen) atoms. The van der Waals surface area contributed by atoms with Gasteiger partial charge in [0.2, 0.25) is 0 Å². The lowest BCUT2D eigenvalue weighted by Gasteiger charge is -2.38. The number of nitrogens with one attached hydrogen (secondary N) is 2. The fraction of sp³-hybridized carbons (Fsp3) is 0.350. The van der Waals surface area contributed by atoms with E-state index in [0.717, 1.165) is 17.1 Å². The van der Waals surface area contributed by atoms with E-state index in [9.17, 15) is 9.90 Å². The molecule has 7 heteroatoms. The van der Waals surface area contributed by atoms with E-state index in [-0.39, 0.29) is 24.0 Å². The molecule has 1 aliphatic carbocycles. The number of carbonyl (C=O) groups excluding carboxylic acids is 1. The molecule has 1 aliphatic rings. The van der Waals surface area contributed by atoms with Crippen LogP contribution in [0.1, 0.15) is 29.0 Å². The Morgan fingerprint density at radius 3 is 2.89 bits per heavy atom. The number of aromatic amines is 1. The van der Waals surface area contributed by atoms with E-state index in [1.165, 1.54) is 0 Å². The largest absolute Gasteiger partial charge is 0.393 e. The number of aliphatic hydroxyl groups excluding tert-OH is 1. The molecule has 7 nitrogen and oxygen atoms in total. The molecule has 0 radical (unpaired) electrons. The molecule has 0 spiro atoms. The van der Waals surface area contributed by atoms with Crippen LogP contribution in [-0.2, 0) is 13.5 Å². The summed E-state index contributed by atoms with van der Waals surface area (Å²) in [6, 6.07) is 11.4.